The van der Waals surface area contributed by atoms with Gasteiger partial charge in [-0.1, -0.05) is 69.2 Å². The predicted molar refractivity (Wildman–Crippen MR) is 74.4 cm³/mol. The first-order chi connectivity index (χ1) is 8.24. The summed E-state index contributed by atoms with van der Waals surface area (Å²) in [6.07, 6.45) is 8.09. The van der Waals surface area contributed by atoms with Crippen LogP contribution in [-0.2, 0) is 0 Å². The highest BCUT2D eigenvalue weighted by Gasteiger charge is 2.06. The Labute approximate surface area is 110 Å². The lowest BCUT2D eigenvalue weighted by molar-refractivity contribution is 0.163. The molecule has 0 aliphatic carbocycles. The van der Waals surface area contributed by atoms with E-state index in [0.717, 1.165) is 23.4 Å². The molecule has 0 saturated heterocycles. The molecule has 1 atom stereocenters. The highest BCUT2D eigenvalue weighted by molar-refractivity contribution is 6.30. The van der Waals surface area contributed by atoms with Crippen LogP contribution in [-0.4, -0.2) is 5.11 Å². The van der Waals surface area contributed by atoms with E-state index in [1.165, 1.54) is 32.1 Å². The Morgan fingerprint density at radius 3 is 2.24 bits per heavy atom. The van der Waals surface area contributed by atoms with Crippen molar-refractivity contribution in [3.8, 4) is 0 Å². The van der Waals surface area contributed by atoms with Gasteiger partial charge in [0.25, 0.3) is 0 Å². The minimum atomic E-state index is -0.335. The third kappa shape index (κ3) is 6.09. The molecule has 0 aliphatic heterocycles. The highest BCUT2D eigenvalue weighted by Crippen LogP contribution is 2.21. The van der Waals surface area contributed by atoms with Gasteiger partial charge in [-0.15, -0.1) is 0 Å². The second kappa shape index (κ2) is 8.54. The minimum absolute atomic E-state index is 0.335. The fraction of sp³-hybridized carbons (Fsp3) is 0.600. The van der Waals surface area contributed by atoms with E-state index in [0.29, 0.717) is 0 Å². The molecule has 1 N–H and O–H groups in total. The Bertz CT molecular complexity index is 294. The summed E-state index contributed by atoms with van der Waals surface area (Å²) in [5.74, 6) is 0. The molecular formula is C15H23ClO. The molecule has 0 fully saturated rings. The molecule has 96 valence electrons. The zero-order valence-corrected chi connectivity index (χ0v) is 11.4. The van der Waals surface area contributed by atoms with Gasteiger partial charge in [-0.2, -0.15) is 0 Å². The number of hydrogen-bond acceptors (Lipinski definition) is 1. The van der Waals surface area contributed by atoms with Gasteiger partial charge in [0.2, 0.25) is 0 Å². The fourth-order valence-electron chi connectivity index (χ4n) is 1.97. The molecule has 0 spiro atoms. The van der Waals surface area contributed by atoms with E-state index < -0.39 is 0 Å². The molecule has 0 saturated carbocycles. The van der Waals surface area contributed by atoms with Crippen LogP contribution in [0, 0.1) is 0 Å². The van der Waals surface area contributed by atoms with Crippen LogP contribution in [0.1, 0.15) is 63.5 Å². The Morgan fingerprint density at radius 2 is 1.59 bits per heavy atom. The van der Waals surface area contributed by atoms with Crippen molar-refractivity contribution in [2.45, 2.75) is 58.0 Å². The summed E-state index contributed by atoms with van der Waals surface area (Å²) >= 11 is 5.81. The van der Waals surface area contributed by atoms with Crippen LogP contribution >= 0.6 is 11.6 Å². The van der Waals surface area contributed by atoms with Crippen molar-refractivity contribution >= 4 is 11.6 Å². The van der Waals surface area contributed by atoms with Gasteiger partial charge in [-0.05, 0) is 24.1 Å². The van der Waals surface area contributed by atoms with Gasteiger partial charge >= 0.3 is 0 Å². The Morgan fingerprint density at radius 1 is 1.00 bits per heavy atom. The Kier molecular flexibility index (Phi) is 7.30. The zero-order chi connectivity index (χ0) is 12.5. The monoisotopic (exact) mass is 254 g/mol. The van der Waals surface area contributed by atoms with E-state index in [1.54, 1.807) is 0 Å². The Hall–Kier alpha value is -0.530. The highest BCUT2D eigenvalue weighted by atomic mass is 35.5. The fourth-order valence-corrected chi connectivity index (χ4v) is 2.10. The zero-order valence-electron chi connectivity index (χ0n) is 10.7. The molecule has 1 nitrogen and oxygen atoms in total. The predicted octanol–water partition coefficient (Wildman–Crippen LogP) is 5.12. The molecule has 0 aliphatic rings. The number of aliphatic hydroxyl groups excluding tert-OH is 1. The van der Waals surface area contributed by atoms with Gasteiger partial charge in [0.15, 0.2) is 0 Å². The maximum absolute atomic E-state index is 9.97. The second-order valence-electron chi connectivity index (χ2n) is 4.62. The van der Waals surface area contributed by atoms with Gasteiger partial charge in [-0.3, -0.25) is 0 Å². The maximum atomic E-state index is 9.97. The van der Waals surface area contributed by atoms with Crippen molar-refractivity contribution in [3.05, 3.63) is 34.9 Å². The van der Waals surface area contributed by atoms with E-state index in [9.17, 15) is 5.11 Å². The first-order valence-electron chi connectivity index (χ1n) is 6.67. The lowest BCUT2D eigenvalue weighted by atomic mass is 10.0. The van der Waals surface area contributed by atoms with Gasteiger partial charge in [0.1, 0.15) is 0 Å². The van der Waals surface area contributed by atoms with Gasteiger partial charge < -0.3 is 5.11 Å². The standard InChI is InChI=1S/C15H23ClO/c1-2-3-4-5-6-7-8-15(17)13-9-11-14(16)12-10-13/h9-12,15,17H,2-8H2,1H3/t15-/m1/s1. The molecule has 0 heterocycles. The molecule has 0 amide bonds. The van der Waals surface area contributed by atoms with Gasteiger partial charge in [0, 0.05) is 5.02 Å². The number of aliphatic hydroxyl groups is 1. The average Bonchev–Trinajstić information content (AvgIpc) is 2.34. The van der Waals surface area contributed by atoms with Crippen molar-refractivity contribution < 1.29 is 5.11 Å². The van der Waals surface area contributed by atoms with E-state index in [-0.39, 0.29) is 6.10 Å². The lowest BCUT2D eigenvalue weighted by Gasteiger charge is -2.10. The van der Waals surface area contributed by atoms with Crippen molar-refractivity contribution in [2.75, 3.05) is 0 Å². The second-order valence-corrected chi connectivity index (χ2v) is 5.06. The van der Waals surface area contributed by atoms with E-state index >= 15 is 0 Å². The molecule has 0 unspecified atom stereocenters. The normalized spacial score (nSPS) is 12.6. The summed E-state index contributed by atoms with van der Waals surface area (Å²) in [7, 11) is 0. The molecule has 17 heavy (non-hydrogen) atoms. The molecule has 0 radical (unpaired) electrons. The quantitative estimate of drug-likeness (QED) is 0.638. The van der Waals surface area contributed by atoms with E-state index in [1.807, 2.05) is 24.3 Å². The molecule has 0 aromatic heterocycles. The number of hydrogen-bond donors (Lipinski definition) is 1. The average molecular weight is 255 g/mol. The smallest absolute Gasteiger partial charge is 0.0790 e. The van der Waals surface area contributed by atoms with Crippen molar-refractivity contribution in [2.24, 2.45) is 0 Å². The summed E-state index contributed by atoms with van der Waals surface area (Å²) in [5, 5.41) is 10.7. The molecule has 1 aromatic rings. The third-order valence-electron chi connectivity index (χ3n) is 3.09. The van der Waals surface area contributed by atoms with E-state index in [4.69, 9.17) is 11.6 Å². The third-order valence-corrected chi connectivity index (χ3v) is 3.34. The lowest BCUT2D eigenvalue weighted by Crippen LogP contribution is -1.97. The van der Waals surface area contributed by atoms with Crippen LogP contribution in [0.4, 0.5) is 0 Å². The van der Waals surface area contributed by atoms with E-state index in [2.05, 4.69) is 6.92 Å². The van der Waals surface area contributed by atoms with Crippen molar-refractivity contribution in [1.82, 2.24) is 0 Å². The first-order valence-corrected chi connectivity index (χ1v) is 7.05. The number of rotatable bonds is 8. The number of benzene rings is 1. The van der Waals surface area contributed by atoms with Crippen LogP contribution < -0.4 is 0 Å². The van der Waals surface area contributed by atoms with Crippen LogP contribution in [0.5, 0.6) is 0 Å². The number of halogens is 1. The maximum Gasteiger partial charge on any atom is 0.0790 e. The largest absolute Gasteiger partial charge is 0.388 e. The number of unbranched alkanes of at least 4 members (excludes halogenated alkanes) is 5. The Balaban J connectivity index is 2.16. The summed E-state index contributed by atoms with van der Waals surface area (Å²) in [6.45, 7) is 2.23. The molecular weight excluding hydrogens is 232 g/mol. The minimum Gasteiger partial charge on any atom is -0.388 e. The first kappa shape index (κ1) is 14.5. The van der Waals surface area contributed by atoms with Crippen LogP contribution in [0.3, 0.4) is 0 Å². The van der Waals surface area contributed by atoms with Gasteiger partial charge in [-0.25, -0.2) is 0 Å². The summed E-state index contributed by atoms with van der Waals surface area (Å²) in [5.41, 5.74) is 0.975. The van der Waals surface area contributed by atoms with Crippen LogP contribution in [0.2, 0.25) is 5.02 Å². The summed E-state index contributed by atoms with van der Waals surface area (Å²) < 4.78 is 0. The summed E-state index contributed by atoms with van der Waals surface area (Å²) in [4.78, 5) is 0. The molecule has 0 bridgehead atoms. The molecule has 1 aromatic carbocycles. The molecule has 2 heteroatoms. The SMILES string of the molecule is CCCCCCCC[C@@H](O)c1ccc(Cl)cc1. The van der Waals surface area contributed by atoms with Crippen molar-refractivity contribution in [3.63, 3.8) is 0 Å². The molecule has 1 rings (SSSR count). The van der Waals surface area contributed by atoms with Crippen molar-refractivity contribution in [1.29, 1.82) is 0 Å². The topological polar surface area (TPSA) is 20.2 Å². The van der Waals surface area contributed by atoms with Gasteiger partial charge in [0.05, 0.1) is 6.10 Å². The summed E-state index contributed by atoms with van der Waals surface area (Å²) in [6, 6.07) is 7.48. The van der Waals surface area contributed by atoms with Crippen LogP contribution in [0.25, 0.3) is 0 Å². The van der Waals surface area contributed by atoms with Crippen LogP contribution in [0.15, 0.2) is 24.3 Å².